The Morgan fingerprint density at radius 2 is 1.60 bits per heavy atom. The summed E-state index contributed by atoms with van der Waals surface area (Å²) in [5.74, 6) is 0. The highest BCUT2D eigenvalue weighted by atomic mass is 32.2. The molecule has 2 atom stereocenters. The summed E-state index contributed by atoms with van der Waals surface area (Å²) in [6, 6.07) is 0. The van der Waals surface area contributed by atoms with Gasteiger partial charge in [0.05, 0.1) is 0 Å². The van der Waals surface area contributed by atoms with Crippen molar-refractivity contribution in [1.29, 1.82) is 0 Å². The maximum Gasteiger partial charge on any atom is 0.00983 e. The largest absolute Gasteiger partial charge is 0.284 e. The van der Waals surface area contributed by atoms with E-state index in [4.69, 9.17) is 0 Å². The zero-order chi connectivity index (χ0) is 7.78. The van der Waals surface area contributed by atoms with Gasteiger partial charge >= 0.3 is 0 Å². The van der Waals surface area contributed by atoms with Crippen LogP contribution in [0.2, 0.25) is 0 Å². The summed E-state index contributed by atoms with van der Waals surface area (Å²) in [4.78, 5) is 0. The van der Waals surface area contributed by atoms with E-state index in [1.54, 1.807) is 0 Å². The van der Waals surface area contributed by atoms with Crippen LogP contribution >= 0.6 is 0 Å². The molecular formula is C8H18OS. The van der Waals surface area contributed by atoms with Crippen molar-refractivity contribution < 1.29 is 4.21 Å². The fourth-order valence-electron chi connectivity index (χ4n) is 1.66. The van der Waals surface area contributed by atoms with Gasteiger partial charge in [0.15, 0.2) is 0 Å². The highest BCUT2D eigenvalue weighted by molar-refractivity contribution is 8.03. The molecule has 2 unspecified atom stereocenters. The molecule has 0 N–H and O–H groups in total. The monoisotopic (exact) mass is 162 g/mol. The Bertz CT molecular complexity index is 151. The molecule has 2 heteroatoms. The van der Waals surface area contributed by atoms with Crippen LogP contribution in [0.4, 0.5) is 0 Å². The van der Waals surface area contributed by atoms with Gasteiger partial charge in [-0.3, -0.25) is 4.21 Å². The number of rotatable bonds is 0. The zero-order valence-corrected chi connectivity index (χ0v) is 8.03. The first-order valence-corrected chi connectivity index (χ1v) is 6.41. The fraction of sp³-hybridized carbons (Fsp3) is 1.00. The molecule has 62 valence electrons. The van der Waals surface area contributed by atoms with E-state index in [0.717, 1.165) is 0 Å². The molecule has 1 fully saturated rings. The average Bonchev–Trinajstić information content (AvgIpc) is 1.84. The molecule has 0 aliphatic carbocycles. The van der Waals surface area contributed by atoms with E-state index in [1.807, 2.05) is 6.26 Å². The summed E-state index contributed by atoms with van der Waals surface area (Å²) in [7, 11) is -1.77. The third kappa shape index (κ3) is 1.26. The number of hydrogen-bond donors (Lipinski definition) is 1. The van der Waals surface area contributed by atoms with Crippen LogP contribution in [-0.4, -0.2) is 21.0 Å². The van der Waals surface area contributed by atoms with Gasteiger partial charge in [-0.25, -0.2) is 0 Å². The Labute approximate surface area is 64.6 Å². The molecule has 0 saturated carbocycles. The van der Waals surface area contributed by atoms with Crippen LogP contribution in [0.1, 0.15) is 33.1 Å². The van der Waals surface area contributed by atoms with Crippen LogP contribution in [0.3, 0.4) is 0 Å². The van der Waals surface area contributed by atoms with Crippen molar-refractivity contribution in [3.8, 4) is 0 Å². The maximum atomic E-state index is 11.9. The van der Waals surface area contributed by atoms with Crippen LogP contribution in [-0.2, 0) is 9.93 Å². The van der Waals surface area contributed by atoms with Gasteiger partial charge in [-0.2, -0.15) is 0 Å². The lowest BCUT2D eigenvalue weighted by Crippen LogP contribution is -2.38. The fourth-order valence-corrected chi connectivity index (χ4v) is 3.92. The third-order valence-corrected chi connectivity index (χ3v) is 7.01. The van der Waals surface area contributed by atoms with Crippen molar-refractivity contribution in [2.75, 3.05) is 6.26 Å². The van der Waals surface area contributed by atoms with E-state index < -0.39 is 9.93 Å². The Kier molecular flexibility index (Phi) is 2.18. The van der Waals surface area contributed by atoms with Crippen molar-refractivity contribution in [3.05, 3.63) is 0 Å². The summed E-state index contributed by atoms with van der Waals surface area (Å²) < 4.78 is 11.9. The first-order valence-electron chi connectivity index (χ1n) is 4.12. The van der Waals surface area contributed by atoms with E-state index in [-0.39, 0.29) is 0 Å². The molecule has 0 radical (unpaired) electrons. The van der Waals surface area contributed by atoms with Crippen molar-refractivity contribution in [3.63, 3.8) is 0 Å². The second-order valence-electron chi connectivity index (χ2n) is 3.69. The van der Waals surface area contributed by atoms with Crippen LogP contribution < -0.4 is 0 Å². The minimum Gasteiger partial charge on any atom is -0.284 e. The predicted molar refractivity (Wildman–Crippen MR) is 48.2 cm³/mol. The van der Waals surface area contributed by atoms with Crippen LogP contribution in [0, 0.1) is 0 Å². The lowest BCUT2D eigenvalue weighted by molar-refractivity contribution is 0.575. The topological polar surface area (TPSA) is 17.1 Å². The van der Waals surface area contributed by atoms with Gasteiger partial charge in [-0.15, -0.1) is 9.93 Å². The molecule has 0 aromatic heterocycles. The molecule has 0 bridgehead atoms. The maximum absolute atomic E-state index is 11.9. The third-order valence-electron chi connectivity index (χ3n) is 2.99. The highest BCUT2D eigenvalue weighted by Gasteiger charge is 2.28. The molecule has 1 aliphatic rings. The summed E-state index contributed by atoms with van der Waals surface area (Å²) in [5, 5.41) is 0.965. The van der Waals surface area contributed by atoms with Gasteiger partial charge in [-0.1, -0.05) is 20.3 Å². The van der Waals surface area contributed by atoms with E-state index >= 15 is 0 Å². The molecule has 1 nitrogen and oxygen atoms in total. The highest BCUT2D eigenvalue weighted by Crippen LogP contribution is 2.29. The quantitative estimate of drug-likeness (QED) is 0.535. The molecule has 1 saturated heterocycles. The van der Waals surface area contributed by atoms with Gasteiger partial charge in [0.25, 0.3) is 0 Å². The Balaban J connectivity index is 2.74. The minimum absolute atomic E-state index is 0.483. The smallest absolute Gasteiger partial charge is 0.00983 e. The lowest BCUT2D eigenvalue weighted by Gasteiger charge is -2.36. The molecule has 1 aliphatic heterocycles. The zero-order valence-electron chi connectivity index (χ0n) is 7.13. The Hall–Kier alpha value is 0.150. The Morgan fingerprint density at radius 1 is 1.20 bits per heavy atom. The van der Waals surface area contributed by atoms with E-state index in [0.29, 0.717) is 10.5 Å². The summed E-state index contributed by atoms with van der Waals surface area (Å²) in [6.45, 7) is 4.27. The van der Waals surface area contributed by atoms with Crippen LogP contribution in [0.5, 0.6) is 0 Å². The standard InChI is InChI=1S/C8H18OS/c1-7-5-4-6-8(2)10(7,3)9/h7-8,10H,4-6H2,1-3H3. The molecule has 1 heterocycles. The minimum atomic E-state index is -1.77. The number of thiol groups is 1. The average molecular weight is 162 g/mol. The summed E-state index contributed by atoms with van der Waals surface area (Å²) >= 11 is 0. The van der Waals surface area contributed by atoms with Gasteiger partial charge in [-0.05, 0) is 19.1 Å². The second-order valence-corrected chi connectivity index (χ2v) is 7.57. The van der Waals surface area contributed by atoms with Crippen LogP contribution in [0.25, 0.3) is 0 Å². The van der Waals surface area contributed by atoms with Gasteiger partial charge < -0.3 is 0 Å². The lowest BCUT2D eigenvalue weighted by atomic mass is 10.1. The van der Waals surface area contributed by atoms with Crippen molar-refractivity contribution >= 4 is 9.93 Å². The predicted octanol–water partition coefficient (Wildman–Crippen LogP) is 1.59. The summed E-state index contributed by atoms with van der Waals surface area (Å²) in [5.41, 5.74) is 0. The first kappa shape index (κ1) is 8.25. The van der Waals surface area contributed by atoms with Crippen molar-refractivity contribution in [2.24, 2.45) is 0 Å². The molecule has 1 rings (SSSR count). The molecule has 0 amide bonds. The molecule has 0 spiro atoms. The molecule has 0 aromatic carbocycles. The van der Waals surface area contributed by atoms with Gasteiger partial charge in [0, 0.05) is 10.5 Å². The van der Waals surface area contributed by atoms with Gasteiger partial charge in [0.2, 0.25) is 0 Å². The van der Waals surface area contributed by atoms with E-state index in [9.17, 15) is 4.21 Å². The van der Waals surface area contributed by atoms with Crippen molar-refractivity contribution in [1.82, 2.24) is 0 Å². The van der Waals surface area contributed by atoms with Crippen molar-refractivity contribution in [2.45, 2.75) is 43.6 Å². The van der Waals surface area contributed by atoms with Crippen LogP contribution in [0.15, 0.2) is 0 Å². The normalized spacial score (nSPS) is 42.7. The van der Waals surface area contributed by atoms with Gasteiger partial charge in [0.1, 0.15) is 0 Å². The second kappa shape index (κ2) is 2.65. The molecule has 10 heavy (non-hydrogen) atoms. The summed E-state index contributed by atoms with van der Waals surface area (Å²) in [6.07, 6.45) is 5.61. The first-order chi connectivity index (χ1) is 4.55. The van der Waals surface area contributed by atoms with E-state index in [1.165, 1.54) is 19.3 Å². The Morgan fingerprint density at radius 3 is 1.90 bits per heavy atom. The number of hydrogen-bond acceptors (Lipinski definition) is 1. The molecular weight excluding hydrogens is 144 g/mol. The van der Waals surface area contributed by atoms with E-state index in [2.05, 4.69) is 13.8 Å². The SMILES string of the molecule is CC1CCCC(C)[SH]1(C)=O. The molecule has 0 aromatic rings.